The molecule has 1 aromatic carbocycles. The number of aryl methyl sites for hydroxylation is 2. The van der Waals surface area contributed by atoms with E-state index in [1.807, 2.05) is 0 Å². The van der Waals surface area contributed by atoms with Crippen LogP contribution in [0.25, 0.3) is 0 Å². The SMILES string of the molecule is Cc1cc(C[C@H]2CCN(C(C)c3ccc4c(c3)OCCO4)C2)cc(C)n1. The van der Waals surface area contributed by atoms with Gasteiger partial charge >= 0.3 is 0 Å². The lowest BCUT2D eigenvalue weighted by atomic mass is 9.98. The third-order valence-electron chi connectivity index (χ3n) is 5.58. The van der Waals surface area contributed by atoms with Crippen LogP contribution in [-0.2, 0) is 6.42 Å². The molecule has 0 spiro atoms. The molecule has 0 aliphatic carbocycles. The molecule has 2 aliphatic heterocycles. The summed E-state index contributed by atoms with van der Waals surface area (Å²) in [6.45, 7) is 10.1. The van der Waals surface area contributed by atoms with Gasteiger partial charge in [-0.1, -0.05) is 6.07 Å². The van der Waals surface area contributed by atoms with Gasteiger partial charge in [-0.05, 0) is 81.5 Å². The number of nitrogens with zero attached hydrogens (tertiary/aromatic N) is 2. The maximum Gasteiger partial charge on any atom is 0.161 e. The van der Waals surface area contributed by atoms with Crippen molar-refractivity contribution in [2.24, 2.45) is 5.92 Å². The van der Waals surface area contributed by atoms with Crippen molar-refractivity contribution in [3.63, 3.8) is 0 Å². The van der Waals surface area contributed by atoms with E-state index >= 15 is 0 Å². The van der Waals surface area contributed by atoms with Crippen molar-refractivity contribution in [3.05, 3.63) is 52.8 Å². The summed E-state index contributed by atoms with van der Waals surface area (Å²) >= 11 is 0. The highest BCUT2D eigenvalue weighted by Crippen LogP contribution is 2.35. The lowest BCUT2D eigenvalue weighted by molar-refractivity contribution is 0.170. The Morgan fingerprint density at radius 1 is 1.08 bits per heavy atom. The molecule has 0 amide bonds. The van der Waals surface area contributed by atoms with E-state index in [2.05, 4.69) is 61.0 Å². The van der Waals surface area contributed by atoms with E-state index in [-0.39, 0.29) is 0 Å². The number of fused-ring (bicyclic) bond motifs is 1. The molecule has 4 heteroatoms. The van der Waals surface area contributed by atoms with Gasteiger partial charge in [0, 0.05) is 24.0 Å². The Kier molecular flexibility index (Phi) is 4.86. The molecule has 1 unspecified atom stereocenters. The maximum absolute atomic E-state index is 5.75. The molecule has 2 aromatic rings. The summed E-state index contributed by atoms with van der Waals surface area (Å²) < 4.78 is 11.4. The summed E-state index contributed by atoms with van der Waals surface area (Å²) in [7, 11) is 0. The van der Waals surface area contributed by atoms with Crippen LogP contribution in [0.1, 0.15) is 41.9 Å². The minimum absolute atomic E-state index is 0.400. The second kappa shape index (κ2) is 7.28. The van der Waals surface area contributed by atoms with E-state index < -0.39 is 0 Å². The summed E-state index contributed by atoms with van der Waals surface area (Å²) in [6.07, 6.45) is 2.41. The van der Waals surface area contributed by atoms with Gasteiger partial charge in [-0.15, -0.1) is 0 Å². The third-order valence-corrected chi connectivity index (χ3v) is 5.58. The van der Waals surface area contributed by atoms with Gasteiger partial charge in [-0.2, -0.15) is 0 Å². The molecule has 1 aromatic heterocycles. The number of hydrogen-bond donors (Lipinski definition) is 0. The second-order valence-corrected chi connectivity index (χ2v) is 7.69. The largest absolute Gasteiger partial charge is 0.486 e. The molecule has 0 N–H and O–H groups in total. The van der Waals surface area contributed by atoms with E-state index in [9.17, 15) is 0 Å². The fraction of sp³-hybridized carbons (Fsp3) is 0.500. The number of benzene rings is 1. The molecular weight excluding hydrogens is 324 g/mol. The summed E-state index contributed by atoms with van der Waals surface area (Å²) in [6, 6.07) is 11.3. The van der Waals surface area contributed by atoms with Crippen LogP contribution in [-0.4, -0.2) is 36.2 Å². The molecule has 138 valence electrons. The van der Waals surface area contributed by atoms with Gasteiger partial charge < -0.3 is 9.47 Å². The van der Waals surface area contributed by atoms with Gasteiger partial charge in [0.05, 0.1) is 0 Å². The average Bonchev–Trinajstić information content (AvgIpc) is 3.08. The molecule has 1 fully saturated rings. The lowest BCUT2D eigenvalue weighted by Gasteiger charge is -2.26. The average molecular weight is 352 g/mol. The quantitative estimate of drug-likeness (QED) is 0.830. The first-order valence-corrected chi connectivity index (χ1v) is 9.66. The van der Waals surface area contributed by atoms with Crippen LogP contribution < -0.4 is 9.47 Å². The number of rotatable bonds is 4. The Hall–Kier alpha value is -2.07. The zero-order chi connectivity index (χ0) is 18.1. The number of aromatic nitrogens is 1. The molecule has 4 nitrogen and oxygen atoms in total. The predicted octanol–water partition coefficient (Wildman–Crippen LogP) is 4.10. The molecule has 3 heterocycles. The minimum Gasteiger partial charge on any atom is -0.486 e. The van der Waals surface area contributed by atoms with Crippen LogP contribution in [0, 0.1) is 19.8 Å². The number of pyridine rings is 1. The Morgan fingerprint density at radius 3 is 2.58 bits per heavy atom. The van der Waals surface area contributed by atoms with Crippen molar-refractivity contribution < 1.29 is 9.47 Å². The maximum atomic E-state index is 5.75. The minimum atomic E-state index is 0.400. The topological polar surface area (TPSA) is 34.6 Å². The zero-order valence-electron chi connectivity index (χ0n) is 16.0. The van der Waals surface area contributed by atoms with Crippen molar-refractivity contribution in [1.29, 1.82) is 0 Å². The summed E-state index contributed by atoms with van der Waals surface area (Å²) in [4.78, 5) is 7.09. The normalized spacial score (nSPS) is 21.0. The van der Waals surface area contributed by atoms with Crippen LogP contribution in [0.2, 0.25) is 0 Å². The first-order chi connectivity index (χ1) is 12.6. The number of hydrogen-bond acceptors (Lipinski definition) is 4. The van der Waals surface area contributed by atoms with Gasteiger partial charge in [0.25, 0.3) is 0 Å². The fourth-order valence-electron chi connectivity index (χ4n) is 4.28. The van der Waals surface area contributed by atoms with Gasteiger partial charge in [0.2, 0.25) is 0 Å². The number of ether oxygens (including phenoxy) is 2. The Balaban J connectivity index is 1.41. The highest BCUT2D eigenvalue weighted by atomic mass is 16.6. The second-order valence-electron chi connectivity index (χ2n) is 7.69. The molecule has 2 atom stereocenters. The molecule has 0 bridgehead atoms. The lowest BCUT2D eigenvalue weighted by Crippen LogP contribution is -2.25. The molecule has 0 radical (unpaired) electrons. The van der Waals surface area contributed by atoms with Crippen LogP contribution >= 0.6 is 0 Å². The monoisotopic (exact) mass is 352 g/mol. The fourth-order valence-corrected chi connectivity index (χ4v) is 4.28. The molecular formula is C22H28N2O2. The Labute approximate surface area is 156 Å². The summed E-state index contributed by atoms with van der Waals surface area (Å²) in [5, 5.41) is 0. The van der Waals surface area contributed by atoms with Gasteiger partial charge in [-0.3, -0.25) is 9.88 Å². The van der Waals surface area contributed by atoms with Crippen LogP contribution in [0.5, 0.6) is 11.5 Å². The van der Waals surface area contributed by atoms with E-state index in [4.69, 9.17) is 9.47 Å². The Bertz CT molecular complexity index is 769. The first-order valence-electron chi connectivity index (χ1n) is 9.66. The van der Waals surface area contributed by atoms with E-state index in [1.165, 1.54) is 17.5 Å². The molecule has 4 rings (SSSR count). The first kappa shape index (κ1) is 17.3. The van der Waals surface area contributed by atoms with Crippen LogP contribution in [0.4, 0.5) is 0 Å². The van der Waals surface area contributed by atoms with Crippen molar-refractivity contribution >= 4 is 0 Å². The van der Waals surface area contributed by atoms with Crippen molar-refractivity contribution in [2.45, 2.75) is 39.7 Å². The van der Waals surface area contributed by atoms with Crippen LogP contribution in [0.3, 0.4) is 0 Å². The molecule has 2 aliphatic rings. The van der Waals surface area contributed by atoms with Gasteiger partial charge in [-0.25, -0.2) is 0 Å². The van der Waals surface area contributed by atoms with E-state index in [0.29, 0.717) is 19.3 Å². The van der Waals surface area contributed by atoms with Crippen molar-refractivity contribution in [1.82, 2.24) is 9.88 Å². The van der Waals surface area contributed by atoms with Crippen molar-refractivity contribution in [3.8, 4) is 11.5 Å². The molecule has 1 saturated heterocycles. The predicted molar refractivity (Wildman–Crippen MR) is 103 cm³/mol. The van der Waals surface area contributed by atoms with E-state index in [1.54, 1.807) is 0 Å². The van der Waals surface area contributed by atoms with E-state index in [0.717, 1.165) is 48.3 Å². The molecule has 26 heavy (non-hydrogen) atoms. The summed E-state index contributed by atoms with van der Waals surface area (Å²) in [5.74, 6) is 2.48. The molecule has 0 saturated carbocycles. The third kappa shape index (κ3) is 3.70. The Morgan fingerprint density at radius 2 is 1.81 bits per heavy atom. The van der Waals surface area contributed by atoms with Gasteiger partial charge in [0.15, 0.2) is 11.5 Å². The standard InChI is InChI=1S/C22H28N2O2/c1-15-10-19(11-16(2)23-15)12-18-6-7-24(14-18)17(3)20-4-5-21-22(13-20)26-9-8-25-21/h4-5,10-11,13,17-18H,6-9,12,14H2,1-3H3/t17?,18-/m1/s1. The highest BCUT2D eigenvalue weighted by molar-refractivity contribution is 5.44. The van der Waals surface area contributed by atoms with Gasteiger partial charge in [0.1, 0.15) is 13.2 Å². The smallest absolute Gasteiger partial charge is 0.161 e. The van der Waals surface area contributed by atoms with Crippen LogP contribution in [0.15, 0.2) is 30.3 Å². The summed E-state index contributed by atoms with van der Waals surface area (Å²) in [5.41, 5.74) is 4.98. The highest BCUT2D eigenvalue weighted by Gasteiger charge is 2.27. The number of likely N-dealkylation sites (tertiary alicyclic amines) is 1. The zero-order valence-corrected chi connectivity index (χ0v) is 16.0. The van der Waals surface area contributed by atoms with Crippen molar-refractivity contribution in [2.75, 3.05) is 26.3 Å².